The Morgan fingerprint density at radius 3 is 2.40 bits per heavy atom. The van der Waals surface area contributed by atoms with Crippen LogP contribution >= 0.6 is 0 Å². The van der Waals surface area contributed by atoms with Gasteiger partial charge in [-0.25, -0.2) is 0 Å². The van der Waals surface area contributed by atoms with Crippen LogP contribution in [0.15, 0.2) is 18.2 Å². The van der Waals surface area contributed by atoms with Crippen LogP contribution in [-0.2, 0) is 6.42 Å². The van der Waals surface area contributed by atoms with E-state index in [9.17, 15) is 10.2 Å². The molecule has 0 spiro atoms. The molecule has 1 unspecified atom stereocenters. The van der Waals surface area contributed by atoms with Crippen molar-refractivity contribution in [2.75, 3.05) is 0 Å². The molecule has 20 heavy (non-hydrogen) atoms. The first-order valence-electron chi connectivity index (χ1n) is 8.13. The molecule has 112 valence electrons. The molecule has 0 fully saturated rings. The molecule has 1 atom stereocenters. The van der Waals surface area contributed by atoms with Gasteiger partial charge in [-0.3, -0.25) is 0 Å². The Hall–Kier alpha value is -1.02. The van der Waals surface area contributed by atoms with Crippen LogP contribution in [0.1, 0.15) is 76.0 Å². The molecule has 1 aliphatic carbocycles. The molecule has 1 aromatic rings. The van der Waals surface area contributed by atoms with Crippen molar-refractivity contribution in [2.24, 2.45) is 5.41 Å². The smallest absolute Gasteiger partial charge is 0.119 e. The van der Waals surface area contributed by atoms with Crippen LogP contribution in [-0.4, -0.2) is 10.2 Å². The maximum Gasteiger partial charge on any atom is 0.119 e. The van der Waals surface area contributed by atoms with Gasteiger partial charge in [0.15, 0.2) is 0 Å². The number of rotatable bonds is 6. The second-order valence-electron chi connectivity index (χ2n) is 6.32. The highest BCUT2D eigenvalue weighted by molar-refractivity contribution is 5.43. The minimum atomic E-state index is -0.420. The Morgan fingerprint density at radius 2 is 1.80 bits per heavy atom. The number of phenolic OH excluding ortho intramolecular Hbond substituents is 1. The fourth-order valence-corrected chi connectivity index (χ4v) is 3.67. The van der Waals surface area contributed by atoms with E-state index in [-0.39, 0.29) is 5.41 Å². The van der Waals surface area contributed by atoms with Crippen LogP contribution in [0.25, 0.3) is 0 Å². The van der Waals surface area contributed by atoms with Crippen LogP contribution in [0.2, 0.25) is 0 Å². The maximum absolute atomic E-state index is 10.9. The fourth-order valence-electron chi connectivity index (χ4n) is 3.67. The first kappa shape index (κ1) is 15.4. The molecule has 0 radical (unpaired) electrons. The van der Waals surface area contributed by atoms with Crippen LogP contribution in [0.3, 0.4) is 0 Å². The van der Waals surface area contributed by atoms with Gasteiger partial charge >= 0.3 is 0 Å². The van der Waals surface area contributed by atoms with Crippen LogP contribution in [0, 0.1) is 5.41 Å². The largest absolute Gasteiger partial charge is 0.508 e. The molecule has 2 nitrogen and oxygen atoms in total. The zero-order valence-corrected chi connectivity index (χ0v) is 12.9. The lowest BCUT2D eigenvalue weighted by Gasteiger charge is -2.43. The van der Waals surface area contributed by atoms with E-state index >= 15 is 0 Å². The second-order valence-corrected chi connectivity index (χ2v) is 6.32. The van der Waals surface area contributed by atoms with Gasteiger partial charge in [-0.05, 0) is 42.9 Å². The molecule has 2 N–H and O–H groups in total. The van der Waals surface area contributed by atoms with E-state index in [4.69, 9.17) is 0 Å². The lowest BCUT2D eigenvalue weighted by molar-refractivity contribution is -0.0102. The number of aliphatic hydroxyl groups is 1. The molecule has 1 aliphatic rings. The quantitative estimate of drug-likeness (QED) is 0.788. The number of aliphatic hydroxyl groups excluding tert-OH is 1. The van der Waals surface area contributed by atoms with Gasteiger partial charge in [0.05, 0.1) is 6.10 Å². The average molecular weight is 276 g/mol. The zero-order valence-electron chi connectivity index (χ0n) is 12.9. The second kappa shape index (κ2) is 6.62. The summed E-state index contributed by atoms with van der Waals surface area (Å²) in [7, 11) is 0. The summed E-state index contributed by atoms with van der Waals surface area (Å²) in [6, 6.07) is 5.58. The third-order valence-corrected chi connectivity index (χ3v) is 4.99. The highest BCUT2D eigenvalue weighted by Gasteiger charge is 2.41. The van der Waals surface area contributed by atoms with Crippen molar-refractivity contribution in [1.82, 2.24) is 0 Å². The molecule has 0 saturated heterocycles. The summed E-state index contributed by atoms with van der Waals surface area (Å²) in [6.07, 6.45) is 8.37. The summed E-state index contributed by atoms with van der Waals surface area (Å²) in [5, 5.41) is 20.9. The van der Waals surface area contributed by atoms with Crippen molar-refractivity contribution < 1.29 is 10.2 Å². The molecular formula is C18H28O2. The van der Waals surface area contributed by atoms with Gasteiger partial charge in [0.2, 0.25) is 0 Å². The highest BCUT2D eigenvalue weighted by Crippen LogP contribution is 2.51. The van der Waals surface area contributed by atoms with Gasteiger partial charge in [-0.1, -0.05) is 51.7 Å². The Kier molecular flexibility index (Phi) is 5.09. The van der Waals surface area contributed by atoms with E-state index < -0.39 is 6.10 Å². The molecule has 2 heteroatoms. The van der Waals surface area contributed by atoms with E-state index in [1.807, 2.05) is 12.1 Å². The standard InChI is InChI=1S/C18H28O2/c1-3-5-11-18(12-6-4-2)13-10-14-15(17(18)20)8-7-9-16(14)19/h7-9,17,19-20H,3-6,10-13H2,1-2H3. The van der Waals surface area contributed by atoms with E-state index in [2.05, 4.69) is 13.8 Å². The Morgan fingerprint density at radius 1 is 1.15 bits per heavy atom. The molecule has 0 saturated carbocycles. The highest BCUT2D eigenvalue weighted by atomic mass is 16.3. The minimum Gasteiger partial charge on any atom is -0.508 e. The van der Waals surface area contributed by atoms with E-state index in [1.54, 1.807) is 6.07 Å². The van der Waals surface area contributed by atoms with Gasteiger partial charge in [-0.2, -0.15) is 0 Å². The SMILES string of the molecule is CCCCC1(CCCC)CCc2c(O)cccc2C1O. The average Bonchev–Trinajstić information content (AvgIpc) is 2.46. The molecule has 0 aromatic heterocycles. The first-order chi connectivity index (χ1) is 9.64. The summed E-state index contributed by atoms with van der Waals surface area (Å²) >= 11 is 0. The predicted molar refractivity (Wildman–Crippen MR) is 82.9 cm³/mol. The number of aromatic hydroxyl groups is 1. The van der Waals surface area contributed by atoms with Crippen LogP contribution in [0.5, 0.6) is 5.75 Å². The Balaban J connectivity index is 2.30. The van der Waals surface area contributed by atoms with Gasteiger partial charge < -0.3 is 10.2 Å². The molecule has 0 amide bonds. The monoisotopic (exact) mass is 276 g/mol. The normalized spacial score (nSPS) is 20.6. The third-order valence-electron chi connectivity index (χ3n) is 4.99. The molecule has 0 aliphatic heterocycles. The van der Waals surface area contributed by atoms with Crippen molar-refractivity contribution in [1.29, 1.82) is 0 Å². The fraction of sp³-hybridized carbons (Fsp3) is 0.667. The number of benzene rings is 1. The Bertz CT molecular complexity index is 431. The van der Waals surface area contributed by atoms with Crippen molar-refractivity contribution in [3.05, 3.63) is 29.3 Å². The topological polar surface area (TPSA) is 40.5 Å². The summed E-state index contributed by atoms with van der Waals surface area (Å²) < 4.78 is 0. The molecule has 0 bridgehead atoms. The van der Waals surface area contributed by atoms with E-state index in [1.165, 1.54) is 25.7 Å². The van der Waals surface area contributed by atoms with Crippen molar-refractivity contribution in [2.45, 2.75) is 71.3 Å². The number of fused-ring (bicyclic) bond motifs is 1. The lowest BCUT2D eigenvalue weighted by Crippen LogP contribution is -2.34. The summed E-state index contributed by atoms with van der Waals surface area (Å²) in [5.74, 6) is 0.348. The summed E-state index contributed by atoms with van der Waals surface area (Å²) in [5.41, 5.74) is 1.94. The van der Waals surface area contributed by atoms with Crippen molar-refractivity contribution in [3.63, 3.8) is 0 Å². The first-order valence-corrected chi connectivity index (χ1v) is 8.13. The summed E-state index contributed by atoms with van der Waals surface area (Å²) in [4.78, 5) is 0. The molecule has 0 heterocycles. The zero-order chi connectivity index (χ0) is 14.6. The van der Waals surface area contributed by atoms with Gasteiger partial charge in [0.25, 0.3) is 0 Å². The minimum absolute atomic E-state index is 0.0206. The Labute approximate surface area is 122 Å². The van der Waals surface area contributed by atoms with Gasteiger partial charge in [-0.15, -0.1) is 0 Å². The maximum atomic E-state index is 10.9. The predicted octanol–water partition coefficient (Wildman–Crippen LogP) is 4.74. The molecule has 2 rings (SSSR count). The summed E-state index contributed by atoms with van der Waals surface area (Å²) in [6.45, 7) is 4.42. The number of hydrogen-bond donors (Lipinski definition) is 2. The molecule has 1 aromatic carbocycles. The number of hydrogen-bond acceptors (Lipinski definition) is 2. The van der Waals surface area contributed by atoms with Crippen LogP contribution < -0.4 is 0 Å². The third kappa shape index (κ3) is 2.85. The number of phenols is 1. The van der Waals surface area contributed by atoms with Crippen molar-refractivity contribution >= 4 is 0 Å². The number of unbranched alkanes of at least 4 members (excludes halogenated alkanes) is 2. The van der Waals surface area contributed by atoms with Gasteiger partial charge in [0.1, 0.15) is 5.75 Å². The van der Waals surface area contributed by atoms with E-state index in [0.29, 0.717) is 5.75 Å². The molecular weight excluding hydrogens is 248 g/mol. The van der Waals surface area contributed by atoms with Gasteiger partial charge in [0, 0.05) is 5.41 Å². The van der Waals surface area contributed by atoms with E-state index in [0.717, 1.165) is 36.8 Å². The van der Waals surface area contributed by atoms with Crippen molar-refractivity contribution in [3.8, 4) is 5.75 Å². The lowest BCUT2D eigenvalue weighted by atomic mass is 9.64. The van der Waals surface area contributed by atoms with Crippen LogP contribution in [0.4, 0.5) is 0 Å².